The summed E-state index contributed by atoms with van der Waals surface area (Å²) in [5, 5.41) is 12.8. The van der Waals surface area contributed by atoms with Crippen LogP contribution in [0.4, 0.5) is 0 Å². The van der Waals surface area contributed by atoms with Crippen molar-refractivity contribution in [1.82, 2.24) is 5.32 Å². The maximum absolute atomic E-state index is 9.20. The maximum Gasteiger partial charge on any atom is 0.0584 e. The zero-order chi connectivity index (χ0) is 12.0. The summed E-state index contributed by atoms with van der Waals surface area (Å²) in [6, 6.07) is 0.807. The van der Waals surface area contributed by atoms with Crippen LogP contribution in [0.2, 0.25) is 0 Å². The molecule has 3 unspecified atom stereocenters. The van der Waals surface area contributed by atoms with Crippen LogP contribution in [0, 0.1) is 11.8 Å². The molecule has 16 heavy (non-hydrogen) atoms. The second-order valence-corrected chi connectivity index (χ2v) is 5.50. The van der Waals surface area contributed by atoms with Crippen LogP contribution in [0.25, 0.3) is 0 Å². The van der Waals surface area contributed by atoms with Crippen molar-refractivity contribution in [3.8, 4) is 0 Å². The van der Waals surface area contributed by atoms with Gasteiger partial charge in [0.25, 0.3) is 0 Å². The normalized spacial score (nSPS) is 24.0. The van der Waals surface area contributed by atoms with Crippen LogP contribution < -0.4 is 5.32 Å². The van der Waals surface area contributed by atoms with Crippen molar-refractivity contribution >= 4 is 0 Å². The van der Waals surface area contributed by atoms with E-state index in [4.69, 9.17) is 0 Å². The second-order valence-electron chi connectivity index (χ2n) is 5.50. The third-order valence-corrected chi connectivity index (χ3v) is 4.39. The summed E-state index contributed by atoms with van der Waals surface area (Å²) in [5.41, 5.74) is 0. The van der Waals surface area contributed by atoms with Crippen LogP contribution in [-0.4, -0.2) is 23.8 Å². The van der Waals surface area contributed by atoms with E-state index in [1.165, 1.54) is 32.1 Å². The summed E-state index contributed by atoms with van der Waals surface area (Å²) >= 11 is 0. The molecule has 1 aliphatic carbocycles. The number of rotatable bonds is 6. The largest absolute Gasteiger partial charge is 0.395 e. The standard InChI is InChI=1S/C14H29NO/c1-4-14(10-16)15-12(3)11(2)13-8-6-5-7-9-13/h11-16H,4-10H2,1-3H3. The Morgan fingerprint density at radius 2 is 1.81 bits per heavy atom. The Labute approximate surface area is 101 Å². The van der Waals surface area contributed by atoms with E-state index in [1.54, 1.807) is 0 Å². The van der Waals surface area contributed by atoms with Crippen molar-refractivity contribution in [1.29, 1.82) is 0 Å². The van der Waals surface area contributed by atoms with Gasteiger partial charge in [0.05, 0.1) is 6.61 Å². The van der Waals surface area contributed by atoms with Gasteiger partial charge >= 0.3 is 0 Å². The zero-order valence-electron chi connectivity index (χ0n) is 11.2. The molecule has 0 heterocycles. The average Bonchev–Trinajstić information content (AvgIpc) is 2.35. The van der Waals surface area contributed by atoms with Crippen LogP contribution in [0.5, 0.6) is 0 Å². The van der Waals surface area contributed by atoms with Gasteiger partial charge < -0.3 is 10.4 Å². The summed E-state index contributed by atoms with van der Waals surface area (Å²) < 4.78 is 0. The lowest BCUT2D eigenvalue weighted by atomic mass is 9.78. The Hall–Kier alpha value is -0.0800. The van der Waals surface area contributed by atoms with Crippen LogP contribution >= 0.6 is 0 Å². The van der Waals surface area contributed by atoms with Gasteiger partial charge in [-0.2, -0.15) is 0 Å². The van der Waals surface area contributed by atoms with Crippen molar-refractivity contribution in [2.75, 3.05) is 6.61 Å². The smallest absolute Gasteiger partial charge is 0.0584 e. The SMILES string of the molecule is CCC(CO)NC(C)C(C)C1CCCCC1. The molecule has 2 heteroatoms. The Kier molecular flexibility index (Phi) is 6.37. The molecule has 0 bridgehead atoms. The molecule has 0 aromatic carbocycles. The van der Waals surface area contributed by atoms with Crippen molar-refractivity contribution in [3.63, 3.8) is 0 Å². The van der Waals surface area contributed by atoms with E-state index in [0.29, 0.717) is 6.04 Å². The van der Waals surface area contributed by atoms with Crippen LogP contribution in [0.3, 0.4) is 0 Å². The monoisotopic (exact) mass is 227 g/mol. The van der Waals surface area contributed by atoms with Crippen LogP contribution in [0.1, 0.15) is 59.3 Å². The number of hydrogen-bond donors (Lipinski definition) is 2. The number of hydrogen-bond acceptors (Lipinski definition) is 2. The molecule has 0 radical (unpaired) electrons. The average molecular weight is 227 g/mol. The molecule has 96 valence electrons. The lowest BCUT2D eigenvalue weighted by Gasteiger charge is -2.34. The highest BCUT2D eigenvalue weighted by Crippen LogP contribution is 2.31. The zero-order valence-corrected chi connectivity index (χ0v) is 11.2. The van der Waals surface area contributed by atoms with E-state index >= 15 is 0 Å². The lowest BCUT2D eigenvalue weighted by molar-refractivity contribution is 0.179. The van der Waals surface area contributed by atoms with Crippen LogP contribution in [-0.2, 0) is 0 Å². The molecule has 2 nitrogen and oxygen atoms in total. The Balaban J connectivity index is 2.36. The van der Waals surface area contributed by atoms with Crippen molar-refractivity contribution in [3.05, 3.63) is 0 Å². The van der Waals surface area contributed by atoms with E-state index in [2.05, 4.69) is 26.1 Å². The molecule has 1 saturated carbocycles. The molecule has 0 spiro atoms. The van der Waals surface area contributed by atoms with Gasteiger partial charge in [0.15, 0.2) is 0 Å². The van der Waals surface area contributed by atoms with E-state index in [9.17, 15) is 5.11 Å². The third-order valence-electron chi connectivity index (χ3n) is 4.39. The fraction of sp³-hybridized carbons (Fsp3) is 1.00. The van der Waals surface area contributed by atoms with Gasteiger partial charge in [-0.1, -0.05) is 46.0 Å². The summed E-state index contributed by atoms with van der Waals surface area (Å²) in [6.45, 7) is 7.04. The van der Waals surface area contributed by atoms with Gasteiger partial charge in [0, 0.05) is 12.1 Å². The highest BCUT2D eigenvalue weighted by atomic mass is 16.3. The molecule has 1 fully saturated rings. The molecule has 0 amide bonds. The molecular weight excluding hydrogens is 198 g/mol. The molecule has 0 saturated heterocycles. The minimum Gasteiger partial charge on any atom is -0.395 e. The number of nitrogens with one attached hydrogen (secondary N) is 1. The minimum atomic E-state index is 0.262. The first-order valence-corrected chi connectivity index (χ1v) is 7.06. The van der Waals surface area contributed by atoms with Crippen LogP contribution in [0.15, 0.2) is 0 Å². The summed E-state index contributed by atoms with van der Waals surface area (Å²) in [6.07, 6.45) is 8.08. The summed E-state index contributed by atoms with van der Waals surface area (Å²) in [4.78, 5) is 0. The van der Waals surface area contributed by atoms with Gasteiger partial charge in [0.2, 0.25) is 0 Å². The van der Waals surface area contributed by atoms with E-state index in [1.807, 2.05) is 0 Å². The molecular formula is C14H29NO. The van der Waals surface area contributed by atoms with Crippen molar-refractivity contribution in [2.45, 2.75) is 71.4 Å². The number of aliphatic hydroxyl groups excluding tert-OH is 1. The molecule has 0 aromatic heterocycles. The topological polar surface area (TPSA) is 32.3 Å². The molecule has 0 aromatic rings. The first kappa shape index (κ1) is 14.0. The molecule has 2 N–H and O–H groups in total. The highest BCUT2D eigenvalue weighted by Gasteiger charge is 2.25. The van der Waals surface area contributed by atoms with E-state index < -0.39 is 0 Å². The van der Waals surface area contributed by atoms with Gasteiger partial charge in [-0.05, 0) is 25.2 Å². The highest BCUT2D eigenvalue weighted by molar-refractivity contribution is 4.80. The Morgan fingerprint density at radius 1 is 1.19 bits per heavy atom. The van der Waals surface area contributed by atoms with Gasteiger partial charge in [-0.3, -0.25) is 0 Å². The van der Waals surface area contributed by atoms with Crippen molar-refractivity contribution in [2.24, 2.45) is 11.8 Å². The molecule has 0 aliphatic heterocycles. The second kappa shape index (κ2) is 7.29. The molecule has 1 aliphatic rings. The lowest BCUT2D eigenvalue weighted by Crippen LogP contribution is -2.44. The van der Waals surface area contributed by atoms with Crippen molar-refractivity contribution < 1.29 is 5.11 Å². The Bertz CT molecular complexity index is 174. The predicted octanol–water partition coefficient (Wildman–Crippen LogP) is 2.95. The maximum atomic E-state index is 9.20. The predicted molar refractivity (Wildman–Crippen MR) is 69.5 cm³/mol. The van der Waals surface area contributed by atoms with Gasteiger partial charge in [-0.15, -0.1) is 0 Å². The fourth-order valence-corrected chi connectivity index (χ4v) is 2.89. The summed E-state index contributed by atoms with van der Waals surface area (Å²) in [5.74, 6) is 1.63. The van der Waals surface area contributed by atoms with Gasteiger partial charge in [-0.25, -0.2) is 0 Å². The fourth-order valence-electron chi connectivity index (χ4n) is 2.89. The first-order valence-electron chi connectivity index (χ1n) is 7.06. The minimum absolute atomic E-state index is 0.262. The quantitative estimate of drug-likeness (QED) is 0.731. The molecule has 1 rings (SSSR count). The van der Waals surface area contributed by atoms with E-state index in [-0.39, 0.29) is 12.6 Å². The first-order chi connectivity index (χ1) is 7.69. The summed E-state index contributed by atoms with van der Waals surface area (Å²) in [7, 11) is 0. The Morgan fingerprint density at radius 3 is 2.31 bits per heavy atom. The van der Waals surface area contributed by atoms with Gasteiger partial charge in [0.1, 0.15) is 0 Å². The molecule has 3 atom stereocenters. The number of aliphatic hydroxyl groups is 1. The third kappa shape index (κ3) is 4.06. The van der Waals surface area contributed by atoms with E-state index in [0.717, 1.165) is 18.3 Å².